The molecule has 2 atom stereocenters. The van der Waals surface area contributed by atoms with Crippen molar-refractivity contribution in [3.05, 3.63) is 59.7 Å². The van der Waals surface area contributed by atoms with Gasteiger partial charge in [-0.15, -0.1) is 0 Å². The van der Waals surface area contributed by atoms with Crippen molar-refractivity contribution in [1.29, 1.82) is 0 Å². The zero-order chi connectivity index (χ0) is 22.9. The first-order valence-corrected chi connectivity index (χ1v) is 11.3. The molecule has 5 heteroatoms. The lowest BCUT2D eigenvalue weighted by atomic mass is 9.78. The first kappa shape index (κ1) is 25.2. The topological polar surface area (TPSA) is 62.2 Å². The van der Waals surface area contributed by atoms with Crippen LogP contribution in [0.4, 0.5) is 0 Å². The Bertz CT molecular complexity index is 758. The van der Waals surface area contributed by atoms with Crippen molar-refractivity contribution in [2.24, 2.45) is 0 Å². The van der Waals surface area contributed by atoms with Gasteiger partial charge in [0.15, 0.2) is 0 Å². The summed E-state index contributed by atoms with van der Waals surface area (Å²) < 4.78 is 11.1. The molecule has 2 N–H and O–H groups in total. The zero-order valence-corrected chi connectivity index (χ0v) is 19.7. The van der Waals surface area contributed by atoms with Crippen LogP contribution < -0.4 is 9.47 Å². The minimum Gasteiger partial charge on any atom is -0.497 e. The predicted molar refractivity (Wildman–Crippen MR) is 126 cm³/mol. The molecule has 0 aliphatic rings. The van der Waals surface area contributed by atoms with E-state index in [1.54, 1.807) is 7.11 Å². The summed E-state index contributed by atoms with van der Waals surface area (Å²) in [5.74, 6) is 1.59. The smallest absolute Gasteiger partial charge is 0.119 e. The van der Waals surface area contributed by atoms with Gasteiger partial charge in [0.05, 0.1) is 13.2 Å². The van der Waals surface area contributed by atoms with Crippen molar-refractivity contribution >= 4 is 0 Å². The van der Waals surface area contributed by atoms with Crippen LogP contribution >= 0.6 is 0 Å². The number of ether oxygens (including phenoxy) is 2. The number of hydrogen-bond acceptors (Lipinski definition) is 5. The number of benzene rings is 2. The number of aliphatic hydroxyl groups excluding tert-OH is 2. The molecule has 2 rings (SSSR count). The summed E-state index contributed by atoms with van der Waals surface area (Å²) in [6.07, 6.45) is 0.730. The normalized spacial score (nSPS) is 13.8. The van der Waals surface area contributed by atoms with Crippen molar-refractivity contribution in [3.63, 3.8) is 0 Å². The van der Waals surface area contributed by atoms with Crippen molar-refractivity contribution < 1.29 is 19.7 Å². The Morgan fingerprint density at radius 2 is 1.35 bits per heavy atom. The molecule has 0 bridgehead atoms. The third kappa shape index (κ3) is 7.53. The van der Waals surface area contributed by atoms with Crippen molar-refractivity contribution in [2.45, 2.75) is 58.2 Å². The van der Waals surface area contributed by atoms with E-state index >= 15 is 0 Å². The van der Waals surface area contributed by atoms with E-state index in [-0.39, 0.29) is 18.1 Å². The lowest BCUT2D eigenvalue weighted by Gasteiger charge is -2.27. The second kappa shape index (κ2) is 12.1. The van der Waals surface area contributed by atoms with Gasteiger partial charge in [-0.2, -0.15) is 0 Å². The highest BCUT2D eigenvalue weighted by molar-refractivity contribution is 5.41. The Hall–Kier alpha value is -2.08. The Kier molecular flexibility index (Phi) is 9.82. The van der Waals surface area contributed by atoms with E-state index in [1.807, 2.05) is 31.2 Å². The van der Waals surface area contributed by atoms with Gasteiger partial charge in [-0.3, -0.25) is 4.90 Å². The van der Waals surface area contributed by atoms with Crippen LogP contribution in [0, 0.1) is 0 Å². The fourth-order valence-electron chi connectivity index (χ4n) is 3.69. The molecular weight excluding hydrogens is 390 g/mol. The molecule has 2 aromatic rings. The quantitative estimate of drug-likeness (QED) is 0.499. The monoisotopic (exact) mass is 429 g/mol. The molecule has 0 fully saturated rings. The fraction of sp³-hybridized carbons (Fsp3) is 0.538. The molecule has 0 amide bonds. The summed E-state index contributed by atoms with van der Waals surface area (Å²) in [5, 5.41) is 20.3. The number of rotatable bonds is 13. The molecule has 172 valence electrons. The van der Waals surface area contributed by atoms with E-state index in [0.29, 0.717) is 19.5 Å². The Morgan fingerprint density at radius 1 is 0.839 bits per heavy atom. The van der Waals surface area contributed by atoms with Gasteiger partial charge in [0.2, 0.25) is 0 Å². The van der Waals surface area contributed by atoms with Crippen LogP contribution in [0.1, 0.15) is 51.7 Å². The second-order valence-corrected chi connectivity index (χ2v) is 8.66. The van der Waals surface area contributed by atoms with Gasteiger partial charge in [-0.25, -0.2) is 0 Å². The van der Waals surface area contributed by atoms with Crippen LogP contribution in [-0.4, -0.2) is 60.7 Å². The minimum absolute atomic E-state index is 0.148. The van der Waals surface area contributed by atoms with Crippen molar-refractivity contribution in [2.75, 3.05) is 33.4 Å². The van der Waals surface area contributed by atoms with Crippen LogP contribution in [0.25, 0.3) is 0 Å². The maximum atomic E-state index is 10.4. The zero-order valence-electron chi connectivity index (χ0n) is 19.7. The third-order valence-electron chi connectivity index (χ3n) is 5.78. The van der Waals surface area contributed by atoms with Crippen LogP contribution in [0.2, 0.25) is 0 Å². The first-order chi connectivity index (χ1) is 14.8. The van der Waals surface area contributed by atoms with E-state index in [4.69, 9.17) is 9.47 Å². The van der Waals surface area contributed by atoms with Gasteiger partial charge >= 0.3 is 0 Å². The summed E-state index contributed by atoms with van der Waals surface area (Å²) in [7, 11) is 1.67. The highest BCUT2D eigenvalue weighted by Gasteiger charge is 2.23. The maximum Gasteiger partial charge on any atom is 0.119 e. The van der Waals surface area contributed by atoms with Gasteiger partial charge in [0.25, 0.3) is 0 Å². The van der Waals surface area contributed by atoms with Crippen LogP contribution in [0.3, 0.4) is 0 Å². The van der Waals surface area contributed by atoms with E-state index in [2.05, 4.69) is 49.9 Å². The van der Waals surface area contributed by atoms with Gasteiger partial charge in [0.1, 0.15) is 24.2 Å². The Balaban J connectivity index is 1.93. The predicted octanol–water partition coefficient (Wildman–Crippen LogP) is 4.24. The summed E-state index contributed by atoms with van der Waals surface area (Å²) >= 11 is 0. The molecule has 5 nitrogen and oxygen atoms in total. The van der Waals surface area contributed by atoms with E-state index in [0.717, 1.165) is 24.5 Å². The van der Waals surface area contributed by atoms with Crippen LogP contribution in [0.15, 0.2) is 48.5 Å². The molecule has 0 aromatic heterocycles. The molecular formula is C26H39NO4. The van der Waals surface area contributed by atoms with Gasteiger partial charge < -0.3 is 19.7 Å². The first-order valence-electron chi connectivity index (χ1n) is 11.3. The van der Waals surface area contributed by atoms with Crippen molar-refractivity contribution in [1.82, 2.24) is 4.90 Å². The maximum absolute atomic E-state index is 10.4. The molecule has 0 spiro atoms. The molecule has 0 aliphatic carbocycles. The largest absolute Gasteiger partial charge is 0.497 e. The molecule has 0 heterocycles. The third-order valence-corrected chi connectivity index (χ3v) is 5.78. The molecule has 0 radical (unpaired) electrons. The minimum atomic E-state index is -0.606. The van der Waals surface area contributed by atoms with E-state index < -0.39 is 6.10 Å². The summed E-state index contributed by atoms with van der Waals surface area (Å²) in [5.41, 5.74) is 2.25. The highest BCUT2D eigenvalue weighted by atomic mass is 16.5. The van der Waals surface area contributed by atoms with E-state index in [1.165, 1.54) is 11.1 Å². The van der Waals surface area contributed by atoms with Crippen LogP contribution in [-0.2, 0) is 5.41 Å². The Morgan fingerprint density at radius 3 is 1.84 bits per heavy atom. The SMILES string of the molecule is CCCN(CC(O)CC)CC(O)COc1ccc(C(C)(C)c2ccc(OC)cc2)cc1. The number of methoxy groups -OCH3 is 1. The molecule has 0 aliphatic heterocycles. The highest BCUT2D eigenvalue weighted by Crippen LogP contribution is 2.33. The molecule has 2 aromatic carbocycles. The standard InChI is InChI=1S/C26H39NO4/c1-6-16-27(17-22(28)7-2)18-23(29)19-31-25-14-10-21(11-15-25)26(3,4)20-8-12-24(30-5)13-9-20/h8-15,22-23,28-29H,6-7,16-19H2,1-5H3. The second-order valence-electron chi connectivity index (χ2n) is 8.66. The Labute approximate surface area is 187 Å². The van der Waals surface area contributed by atoms with E-state index in [9.17, 15) is 10.2 Å². The summed E-state index contributed by atoms with van der Waals surface area (Å²) in [4.78, 5) is 2.10. The number of nitrogens with zero attached hydrogens (tertiary/aromatic N) is 1. The average Bonchev–Trinajstić information content (AvgIpc) is 2.78. The molecule has 2 unspecified atom stereocenters. The lowest BCUT2D eigenvalue weighted by Crippen LogP contribution is -2.40. The molecule has 0 saturated heterocycles. The average molecular weight is 430 g/mol. The molecule has 0 saturated carbocycles. The van der Waals surface area contributed by atoms with Crippen molar-refractivity contribution in [3.8, 4) is 11.5 Å². The number of aliphatic hydroxyl groups is 2. The van der Waals surface area contributed by atoms with Gasteiger partial charge in [-0.1, -0.05) is 52.0 Å². The molecule has 31 heavy (non-hydrogen) atoms. The number of hydrogen-bond donors (Lipinski definition) is 2. The lowest BCUT2D eigenvalue weighted by molar-refractivity contribution is 0.0447. The summed E-state index contributed by atoms with van der Waals surface area (Å²) in [6, 6.07) is 16.2. The van der Waals surface area contributed by atoms with Gasteiger partial charge in [0, 0.05) is 18.5 Å². The fourth-order valence-corrected chi connectivity index (χ4v) is 3.69. The van der Waals surface area contributed by atoms with Crippen LogP contribution in [0.5, 0.6) is 11.5 Å². The van der Waals surface area contributed by atoms with Gasteiger partial charge in [-0.05, 0) is 54.8 Å². The summed E-state index contributed by atoms with van der Waals surface area (Å²) in [6.45, 7) is 10.6.